The second kappa shape index (κ2) is 6.96. The molecule has 0 fully saturated rings. The molecule has 19 heavy (non-hydrogen) atoms. The van der Waals surface area contributed by atoms with Crippen LogP contribution in [0.4, 0.5) is 0 Å². The van der Waals surface area contributed by atoms with Crippen LogP contribution in [0.5, 0.6) is 0 Å². The highest BCUT2D eigenvalue weighted by molar-refractivity contribution is 7.08. The number of thiophene rings is 2. The van der Waals surface area contributed by atoms with E-state index in [0.717, 1.165) is 17.2 Å². The second-order valence-corrected chi connectivity index (χ2v) is 5.20. The summed E-state index contributed by atoms with van der Waals surface area (Å²) in [5.74, 6) is -1.07. The van der Waals surface area contributed by atoms with Crippen molar-refractivity contribution in [2.24, 2.45) is 0 Å². The maximum absolute atomic E-state index is 11.4. The van der Waals surface area contributed by atoms with E-state index in [2.05, 4.69) is 0 Å². The fourth-order valence-electron chi connectivity index (χ4n) is 1.25. The van der Waals surface area contributed by atoms with Gasteiger partial charge in [0, 0.05) is 11.1 Å². The molecule has 0 atom stereocenters. The first-order valence-corrected chi connectivity index (χ1v) is 7.35. The fourth-order valence-corrected chi connectivity index (χ4v) is 2.55. The van der Waals surface area contributed by atoms with Crippen LogP contribution < -0.4 is 0 Å². The Labute approximate surface area is 118 Å². The van der Waals surface area contributed by atoms with Crippen LogP contribution in [0.15, 0.2) is 45.7 Å². The zero-order valence-electron chi connectivity index (χ0n) is 9.94. The van der Waals surface area contributed by atoms with E-state index in [4.69, 9.17) is 9.47 Å². The van der Waals surface area contributed by atoms with E-state index in [1.807, 2.05) is 33.7 Å². The van der Waals surface area contributed by atoms with Gasteiger partial charge >= 0.3 is 5.97 Å². The Bertz CT molecular complexity index is 529. The summed E-state index contributed by atoms with van der Waals surface area (Å²) in [7, 11) is 0. The van der Waals surface area contributed by atoms with Gasteiger partial charge in [0.25, 0.3) is 5.95 Å². The van der Waals surface area contributed by atoms with Crippen molar-refractivity contribution in [2.75, 3.05) is 0 Å². The zero-order valence-corrected chi connectivity index (χ0v) is 11.6. The van der Waals surface area contributed by atoms with Gasteiger partial charge < -0.3 is 14.6 Å². The minimum Gasteiger partial charge on any atom is -0.481 e. The Balaban J connectivity index is 1.74. The third-order valence-corrected chi connectivity index (χ3v) is 3.63. The van der Waals surface area contributed by atoms with Crippen LogP contribution in [0, 0.1) is 0 Å². The topological polar surface area (TPSA) is 55.8 Å². The van der Waals surface area contributed by atoms with Gasteiger partial charge in [0.2, 0.25) is 0 Å². The first kappa shape index (κ1) is 13.6. The van der Waals surface area contributed by atoms with Crippen molar-refractivity contribution < 1.29 is 19.4 Å². The molecule has 2 aromatic heterocycles. The van der Waals surface area contributed by atoms with Gasteiger partial charge in [-0.2, -0.15) is 22.7 Å². The lowest BCUT2D eigenvalue weighted by Crippen LogP contribution is -2.03. The third kappa shape index (κ3) is 4.76. The molecule has 6 heteroatoms. The average Bonchev–Trinajstić information content (AvgIpc) is 3.07. The SMILES string of the molecule is O=C(C=C(O)OCc1ccsc1)OCc1ccsc1. The minimum atomic E-state index is -0.631. The highest BCUT2D eigenvalue weighted by Gasteiger charge is 2.04. The van der Waals surface area contributed by atoms with Crippen LogP contribution in [0.1, 0.15) is 11.1 Å². The Kier molecular flexibility index (Phi) is 5.00. The van der Waals surface area contributed by atoms with E-state index < -0.39 is 11.9 Å². The lowest BCUT2D eigenvalue weighted by Gasteiger charge is -2.03. The predicted molar refractivity (Wildman–Crippen MR) is 73.9 cm³/mol. The third-order valence-electron chi connectivity index (χ3n) is 2.17. The fraction of sp³-hybridized carbons (Fsp3) is 0.154. The molecule has 0 aromatic carbocycles. The summed E-state index contributed by atoms with van der Waals surface area (Å²) < 4.78 is 9.97. The summed E-state index contributed by atoms with van der Waals surface area (Å²) in [5.41, 5.74) is 1.86. The quantitative estimate of drug-likeness (QED) is 0.504. The van der Waals surface area contributed by atoms with E-state index in [1.54, 1.807) is 11.3 Å². The Morgan fingerprint density at radius 3 is 2.21 bits per heavy atom. The molecule has 0 radical (unpaired) electrons. The van der Waals surface area contributed by atoms with Crippen molar-refractivity contribution in [3.8, 4) is 0 Å². The number of carbonyl (C=O) groups is 1. The maximum Gasteiger partial charge on any atom is 0.338 e. The molecular weight excluding hydrogens is 284 g/mol. The average molecular weight is 296 g/mol. The smallest absolute Gasteiger partial charge is 0.338 e. The van der Waals surface area contributed by atoms with E-state index in [1.165, 1.54) is 11.3 Å². The molecule has 0 amide bonds. The number of hydrogen-bond acceptors (Lipinski definition) is 6. The summed E-state index contributed by atoms with van der Waals surface area (Å²) in [5, 5.41) is 17.0. The number of aliphatic hydroxyl groups excluding tert-OH is 1. The van der Waals surface area contributed by atoms with Crippen molar-refractivity contribution in [3.05, 3.63) is 56.8 Å². The van der Waals surface area contributed by atoms with E-state index in [0.29, 0.717) is 0 Å². The van der Waals surface area contributed by atoms with Gasteiger partial charge in [0.15, 0.2) is 0 Å². The monoisotopic (exact) mass is 296 g/mol. The summed E-state index contributed by atoms with van der Waals surface area (Å²) in [4.78, 5) is 11.4. The van der Waals surface area contributed by atoms with Gasteiger partial charge in [-0.15, -0.1) is 0 Å². The lowest BCUT2D eigenvalue weighted by molar-refractivity contribution is -0.139. The van der Waals surface area contributed by atoms with Crippen molar-refractivity contribution in [2.45, 2.75) is 13.2 Å². The molecule has 0 saturated heterocycles. The number of hydrogen-bond donors (Lipinski definition) is 1. The zero-order chi connectivity index (χ0) is 13.5. The van der Waals surface area contributed by atoms with Crippen LogP contribution in [0.25, 0.3) is 0 Å². The van der Waals surface area contributed by atoms with Gasteiger partial charge in [-0.25, -0.2) is 4.79 Å². The highest BCUT2D eigenvalue weighted by Crippen LogP contribution is 2.10. The molecule has 100 valence electrons. The molecule has 0 aliphatic rings. The summed E-state index contributed by atoms with van der Waals surface area (Å²) in [6.45, 7) is 0.417. The molecule has 0 aliphatic heterocycles. The van der Waals surface area contributed by atoms with Crippen LogP contribution in [0.3, 0.4) is 0 Å². The Morgan fingerprint density at radius 2 is 1.68 bits per heavy atom. The van der Waals surface area contributed by atoms with Crippen LogP contribution in [-0.2, 0) is 27.5 Å². The Morgan fingerprint density at radius 1 is 1.11 bits per heavy atom. The van der Waals surface area contributed by atoms with Crippen molar-refractivity contribution in [1.29, 1.82) is 0 Å². The molecule has 2 aromatic rings. The molecule has 0 spiro atoms. The molecule has 0 saturated carbocycles. The number of aliphatic hydroxyl groups is 1. The number of ether oxygens (including phenoxy) is 2. The van der Waals surface area contributed by atoms with E-state index in [-0.39, 0.29) is 13.2 Å². The van der Waals surface area contributed by atoms with E-state index in [9.17, 15) is 9.90 Å². The predicted octanol–water partition coefficient (Wildman–Crippen LogP) is 3.47. The Hall–Kier alpha value is -1.79. The van der Waals surface area contributed by atoms with Crippen molar-refractivity contribution in [3.63, 3.8) is 0 Å². The maximum atomic E-state index is 11.4. The van der Waals surface area contributed by atoms with Gasteiger partial charge in [0.05, 0.1) is 0 Å². The normalized spacial score (nSPS) is 11.3. The van der Waals surface area contributed by atoms with Crippen molar-refractivity contribution in [1.82, 2.24) is 0 Å². The molecule has 0 aliphatic carbocycles. The largest absolute Gasteiger partial charge is 0.481 e. The molecule has 0 bridgehead atoms. The van der Waals surface area contributed by atoms with Gasteiger partial charge in [-0.1, -0.05) is 0 Å². The lowest BCUT2D eigenvalue weighted by atomic mass is 10.4. The van der Waals surface area contributed by atoms with E-state index >= 15 is 0 Å². The summed E-state index contributed by atoms with van der Waals surface area (Å²) in [6, 6.07) is 3.75. The number of carbonyl (C=O) groups excluding carboxylic acids is 1. The van der Waals surface area contributed by atoms with Crippen LogP contribution in [0.2, 0.25) is 0 Å². The molecule has 0 unspecified atom stereocenters. The number of rotatable bonds is 6. The van der Waals surface area contributed by atoms with Gasteiger partial charge in [-0.05, 0) is 33.7 Å². The highest BCUT2D eigenvalue weighted by atomic mass is 32.1. The first-order valence-electron chi connectivity index (χ1n) is 5.46. The molecule has 2 rings (SSSR count). The molecule has 1 N–H and O–H groups in total. The summed E-state index contributed by atoms with van der Waals surface area (Å²) >= 11 is 3.07. The van der Waals surface area contributed by atoms with Gasteiger partial charge in [0.1, 0.15) is 19.3 Å². The molecule has 4 nitrogen and oxygen atoms in total. The molecular formula is C13H12O4S2. The standard InChI is InChI=1S/C13H12O4S2/c14-12(16-6-10-1-3-18-8-10)5-13(15)17-7-11-2-4-19-9-11/h1-5,8-9,14H,6-7H2. The van der Waals surface area contributed by atoms with Crippen LogP contribution >= 0.6 is 22.7 Å². The summed E-state index contributed by atoms with van der Waals surface area (Å²) in [6.07, 6.45) is 0.929. The van der Waals surface area contributed by atoms with Gasteiger partial charge in [-0.3, -0.25) is 0 Å². The van der Waals surface area contributed by atoms with Crippen molar-refractivity contribution >= 4 is 28.6 Å². The number of esters is 1. The first-order chi connectivity index (χ1) is 9.24. The minimum absolute atomic E-state index is 0.191. The van der Waals surface area contributed by atoms with Crippen LogP contribution in [-0.4, -0.2) is 11.1 Å². The second-order valence-electron chi connectivity index (χ2n) is 3.64. The molecule has 2 heterocycles.